The van der Waals surface area contributed by atoms with Crippen molar-refractivity contribution in [1.29, 1.82) is 0 Å². The number of aromatic nitrogens is 4. The summed E-state index contributed by atoms with van der Waals surface area (Å²) in [5.41, 5.74) is 3.66. The Kier molecular flexibility index (Phi) is 3.65. The van der Waals surface area contributed by atoms with E-state index < -0.39 is 0 Å². The summed E-state index contributed by atoms with van der Waals surface area (Å²) in [6.45, 7) is 3.93. The first-order valence-corrected chi connectivity index (χ1v) is 7.93. The number of rotatable bonds is 3. The largest absolute Gasteiger partial charge is 0.340 e. The van der Waals surface area contributed by atoms with E-state index in [0.29, 0.717) is 11.6 Å². The van der Waals surface area contributed by atoms with E-state index in [1.807, 2.05) is 44.2 Å². The number of fused-ring (bicyclic) bond motifs is 1. The van der Waals surface area contributed by atoms with Crippen LogP contribution in [0.1, 0.15) is 11.3 Å². The maximum atomic E-state index is 13.1. The molecular formula is C19H16FN5. The van der Waals surface area contributed by atoms with E-state index in [2.05, 4.69) is 20.4 Å². The highest BCUT2D eigenvalue weighted by Gasteiger charge is 2.13. The van der Waals surface area contributed by atoms with Crippen molar-refractivity contribution < 1.29 is 4.39 Å². The van der Waals surface area contributed by atoms with Crippen LogP contribution in [0.4, 0.5) is 15.9 Å². The van der Waals surface area contributed by atoms with Gasteiger partial charge in [-0.15, -0.1) is 5.10 Å². The van der Waals surface area contributed by atoms with Crippen LogP contribution in [0.5, 0.6) is 0 Å². The second-order valence-corrected chi connectivity index (χ2v) is 5.88. The quantitative estimate of drug-likeness (QED) is 0.608. The zero-order valence-corrected chi connectivity index (χ0v) is 13.9. The molecule has 2 aromatic carbocycles. The van der Waals surface area contributed by atoms with Crippen molar-refractivity contribution in [3.8, 4) is 11.4 Å². The van der Waals surface area contributed by atoms with E-state index in [1.54, 1.807) is 16.6 Å². The molecule has 0 radical (unpaired) electrons. The summed E-state index contributed by atoms with van der Waals surface area (Å²) in [6, 6.07) is 16.0. The fourth-order valence-corrected chi connectivity index (χ4v) is 2.69. The van der Waals surface area contributed by atoms with Crippen molar-refractivity contribution >= 4 is 17.3 Å². The van der Waals surface area contributed by atoms with Gasteiger partial charge in [-0.2, -0.15) is 9.50 Å². The molecule has 0 spiro atoms. The molecule has 2 aromatic heterocycles. The first-order valence-electron chi connectivity index (χ1n) is 7.93. The Morgan fingerprint density at radius 2 is 1.72 bits per heavy atom. The highest BCUT2D eigenvalue weighted by atomic mass is 19.1. The SMILES string of the molecule is Cc1cc(Nc2ccc(F)cc2)n2nc(-c3ccccc3C)nc2n1. The number of nitrogens with one attached hydrogen (secondary N) is 1. The predicted octanol–water partition coefficient (Wildman–Crippen LogP) is 4.29. The molecule has 4 aromatic rings. The standard InChI is InChI=1S/C19H16FN5/c1-12-5-3-4-6-16(12)18-23-19-21-13(2)11-17(25(19)24-18)22-15-9-7-14(20)8-10-15/h3-11,22H,1-2H3. The van der Waals surface area contributed by atoms with Crippen molar-refractivity contribution in [3.63, 3.8) is 0 Å². The number of benzene rings is 2. The Balaban J connectivity index is 1.82. The summed E-state index contributed by atoms with van der Waals surface area (Å²) < 4.78 is 14.8. The molecule has 0 saturated carbocycles. The van der Waals surface area contributed by atoms with E-state index in [0.717, 1.165) is 28.3 Å². The number of nitrogens with zero attached hydrogens (tertiary/aromatic N) is 4. The monoisotopic (exact) mass is 333 g/mol. The number of halogens is 1. The molecule has 2 heterocycles. The van der Waals surface area contributed by atoms with Crippen molar-refractivity contribution in [2.75, 3.05) is 5.32 Å². The molecule has 0 amide bonds. The summed E-state index contributed by atoms with van der Waals surface area (Å²) in [5, 5.41) is 7.85. The molecule has 0 unspecified atom stereocenters. The molecule has 0 saturated heterocycles. The molecule has 5 nitrogen and oxygen atoms in total. The van der Waals surface area contributed by atoms with Gasteiger partial charge in [-0.1, -0.05) is 24.3 Å². The Bertz CT molecular complexity index is 1050. The molecule has 0 atom stereocenters. The van der Waals surface area contributed by atoms with E-state index in [4.69, 9.17) is 0 Å². The van der Waals surface area contributed by atoms with Crippen LogP contribution >= 0.6 is 0 Å². The van der Waals surface area contributed by atoms with E-state index >= 15 is 0 Å². The van der Waals surface area contributed by atoms with E-state index in [-0.39, 0.29) is 5.82 Å². The first kappa shape index (κ1) is 15.3. The summed E-state index contributed by atoms with van der Waals surface area (Å²) in [7, 11) is 0. The molecule has 6 heteroatoms. The van der Waals surface area contributed by atoms with Crippen LogP contribution in [0.2, 0.25) is 0 Å². The molecule has 4 rings (SSSR count). The third kappa shape index (κ3) is 2.94. The van der Waals surface area contributed by atoms with Gasteiger partial charge in [0.2, 0.25) is 0 Å². The van der Waals surface area contributed by atoms with E-state index in [9.17, 15) is 4.39 Å². The molecule has 0 aliphatic heterocycles. The maximum Gasteiger partial charge on any atom is 0.254 e. The van der Waals surface area contributed by atoms with Crippen LogP contribution in [0.25, 0.3) is 17.2 Å². The predicted molar refractivity (Wildman–Crippen MR) is 95.4 cm³/mol. The highest BCUT2D eigenvalue weighted by Crippen LogP contribution is 2.23. The van der Waals surface area contributed by atoms with Gasteiger partial charge >= 0.3 is 0 Å². The van der Waals surface area contributed by atoms with Gasteiger partial charge in [-0.25, -0.2) is 9.37 Å². The van der Waals surface area contributed by atoms with Gasteiger partial charge in [0.1, 0.15) is 11.6 Å². The van der Waals surface area contributed by atoms with Gasteiger partial charge in [0.15, 0.2) is 5.82 Å². The lowest BCUT2D eigenvalue weighted by Crippen LogP contribution is -2.02. The van der Waals surface area contributed by atoms with Crippen LogP contribution in [-0.4, -0.2) is 19.6 Å². The second kappa shape index (κ2) is 5.98. The second-order valence-electron chi connectivity index (χ2n) is 5.88. The summed E-state index contributed by atoms with van der Waals surface area (Å²) >= 11 is 0. The van der Waals surface area contributed by atoms with Crippen molar-refractivity contribution in [1.82, 2.24) is 19.6 Å². The molecule has 1 N–H and O–H groups in total. The number of aryl methyl sites for hydroxylation is 2. The average molecular weight is 333 g/mol. The Morgan fingerprint density at radius 1 is 0.960 bits per heavy atom. The van der Waals surface area contributed by atoms with Gasteiger partial charge in [-0.3, -0.25) is 0 Å². The van der Waals surface area contributed by atoms with Gasteiger partial charge in [-0.05, 0) is 43.7 Å². The topological polar surface area (TPSA) is 55.1 Å². The van der Waals surface area contributed by atoms with E-state index in [1.165, 1.54) is 12.1 Å². The lowest BCUT2D eigenvalue weighted by atomic mass is 10.1. The van der Waals surface area contributed by atoms with Crippen LogP contribution in [0, 0.1) is 19.7 Å². The summed E-state index contributed by atoms with van der Waals surface area (Å²) in [5.74, 6) is 1.59. The fraction of sp³-hybridized carbons (Fsp3) is 0.105. The molecule has 0 aliphatic rings. The zero-order valence-electron chi connectivity index (χ0n) is 13.9. The molecule has 0 fully saturated rings. The maximum absolute atomic E-state index is 13.1. The average Bonchev–Trinajstić information content (AvgIpc) is 3.01. The molecule has 124 valence electrons. The van der Waals surface area contributed by atoms with Crippen molar-refractivity contribution in [2.45, 2.75) is 13.8 Å². The van der Waals surface area contributed by atoms with Crippen LogP contribution in [-0.2, 0) is 0 Å². The normalized spacial score (nSPS) is 11.0. The molecule has 25 heavy (non-hydrogen) atoms. The van der Waals surface area contributed by atoms with Crippen molar-refractivity contribution in [3.05, 3.63) is 71.7 Å². The van der Waals surface area contributed by atoms with Crippen LogP contribution < -0.4 is 5.32 Å². The highest BCUT2D eigenvalue weighted by molar-refractivity contribution is 5.64. The van der Waals surface area contributed by atoms with Crippen LogP contribution in [0.3, 0.4) is 0 Å². The van der Waals surface area contributed by atoms with Gasteiger partial charge < -0.3 is 5.32 Å². The third-order valence-corrected chi connectivity index (χ3v) is 3.94. The van der Waals surface area contributed by atoms with Gasteiger partial charge in [0, 0.05) is 23.0 Å². The smallest absolute Gasteiger partial charge is 0.254 e. The fourth-order valence-electron chi connectivity index (χ4n) is 2.69. The summed E-state index contributed by atoms with van der Waals surface area (Å²) in [4.78, 5) is 9.02. The van der Waals surface area contributed by atoms with Gasteiger partial charge in [0.05, 0.1) is 0 Å². The minimum Gasteiger partial charge on any atom is -0.340 e. The summed E-state index contributed by atoms with van der Waals surface area (Å²) in [6.07, 6.45) is 0. The number of anilines is 2. The minimum absolute atomic E-state index is 0.274. The number of hydrogen-bond acceptors (Lipinski definition) is 4. The number of hydrogen-bond donors (Lipinski definition) is 1. The molecule has 0 bridgehead atoms. The minimum atomic E-state index is -0.274. The lowest BCUT2D eigenvalue weighted by Gasteiger charge is -2.08. The Labute approximate surface area is 144 Å². The molecule has 0 aliphatic carbocycles. The van der Waals surface area contributed by atoms with Gasteiger partial charge in [0.25, 0.3) is 5.78 Å². The van der Waals surface area contributed by atoms with Crippen LogP contribution in [0.15, 0.2) is 54.6 Å². The first-order chi connectivity index (χ1) is 12.1. The zero-order chi connectivity index (χ0) is 17.4. The third-order valence-electron chi connectivity index (χ3n) is 3.94. The molecular weight excluding hydrogens is 317 g/mol. The Morgan fingerprint density at radius 3 is 2.48 bits per heavy atom. The van der Waals surface area contributed by atoms with Crippen molar-refractivity contribution in [2.24, 2.45) is 0 Å². The lowest BCUT2D eigenvalue weighted by molar-refractivity contribution is 0.628. The Hall–Kier alpha value is -3.28.